The molecule has 0 saturated carbocycles. The fourth-order valence-electron chi connectivity index (χ4n) is 5.41. The van der Waals surface area contributed by atoms with E-state index < -0.39 is 0 Å². The molecule has 0 saturated heterocycles. The summed E-state index contributed by atoms with van der Waals surface area (Å²) in [6, 6.07) is 29.1. The van der Waals surface area contributed by atoms with Gasteiger partial charge in [-0.3, -0.25) is 4.57 Å². The van der Waals surface area contributed by atoms with Crippen LogP contribution in [0.1, 0.15) is 11.4 Å². The van der Waals surface area contributed by atoms with Crippen LogP contribution in [0.3, 0.4) is 0 Å². The van der Waals surface area contributed by atoms with Gasteiger partial charge in [0.2, 0.25) is 0 Å². The lowest BCUT2D eigenvalue weighted by Gasteiger charge is -2.17. The molecule has 0 spiro atoms. The maximum absolute atomic E-state index is 4.92. The molecule has 3 heterocycles. The highest BCUT2D eigenvalue weighted by Crippen LogP contribution is 2.37. The third kappa shape index (κ3) is 3.34. The lowest BCUT2D eigenvalue weighted by Crippen LogP contribution is -2.03. The zero-order valence-corrected chi connectivity index (χ0v) is 21.2. The van der Waals surface area contributed by atoms with Crippen molar-refractivity contribution < 1.29 is 0 Å². The largest absolute Gasteiger partial charge is 0.327 e. The molecular weight excluding hydrogens is 472 g/mol. The van der Waals surface area contributed by atoms with Gasteiger partial charge in [-0.15, -0.1) is 5.10 Å². The summed E-state index contributed by atoms with van der Waals surface area (Å²) in [6.07, 6.45) is 0. The number of hydrogen-bond donors (Lipinski definition) is 1. The van der Waals surface area contributed by atoms with Crippen molar-refractivity contribution in [2.45, 2.75) is 13.8 Å². The molecule has 0 aliphatic rings. The Morgan fingerprint density at radius 1 is 0.737 bits per heavy atom. The number of benzene rings is 4. The normalized spacial score (nSPS) is 11.6. The maximum atomic E-state index is 4.92. The quantitative estimate of drug-likeness (QED) is 0.321. The molecule has 1 N–H and O–H groups in total. The molecular formula is C30H24N8. The number of aromatic amines is 1. The highest BCUT2D eigenvalue weighted by molar-refractivity contribution is 5.89. The average molecular weight is 497 g/mol. The lowest BCUT2D eigenvalue weighted by atomic mass is 9.94. The summed E-state index contributed by atoms with van der Waals surface area (Å²) in [6.45, 7) is 4.15. The zero-order chi connectivity index (χ0) is 25.8. The Kier molecular flexibility index (Phi) is 4.94. The molecule has 0 atom stereocenters. The van der Waals surface area contributed by atoms with Crippen molar-refractivity contribution in [3.8, 4) is 39.6 Å². The van der Waals surface area contributed by atoms with Gasteiger partial charge < -0.3 is 4.57 Å². The third-order valence-corrected chi connectivity index (χ3v) is 7.21. The number of nitrogens with one attached hydrogen (secondary N) is 1. The highest BCUT2D eigenvalue weighted by atomic mass is 15.5. The van der Waals surface area contributed by atoms with Crippen molar-refractivity contribution in [1.29, 1.82) is 0 Å². The number of hydrogen-bond acceptors (Lipinski definition) is 5. The first-order chi connectivity index (χ1) is 18.6. The predicted octanol–water partition coefficient (Wildman–Crippen LogP) is 6.04. The van der Waals surface area contributed by atoms with E-state index in [9.17, 15) is 0 Å². The van der Waals surface area contributed by atoms with Crippen molar-refractivity contribution in [3.63, 3.8) is 0 Å². The van der Waals surface area contributed by atoms with Gasteiger partial charge in [0, 0.05) is 18.2 Å². The first kappa shape index (κ1) is 22.1. The monoisotopic (exact) mass is 496 g/mol. The minimum absolute atomic E-state index is 0.630. The Morgan fingerprint density at radius 2 is 1.53 bits per heavy atom. The molecule has 7 aromatic rings. The summed E-state index contributed by atoms with van der Waals surface area (Å²) in [5.41, 5.74) is 10.3. The number of nitrogens with zero attached hydrogens (tertiary/aromatic N) is 7. The van der Waals surface area contributed by atoms with Gasteiger partial charge in [-0.2, -0.15) is 0 Å². The van der Waals surface area contributed by atoms with Crippen molar-refractivity contribution in [2.24, 2.45) is 7.05 Å². The molecule has 0 fully saturated rings. The van der Waals surface area contributed by atoms with Crippen molar-refractivity contribution in [2.75, 3.05) is 0 Å². The van der Waals surface area contributed by atoms with E-state index in [1.54, 1.807) is 0 Å². The molecule has 3 aromatic heterocycles. The molecule has 8 nitrogen and oxygen atoms in total. The molecule has 0 radical (unpaired) electrons. The van der Waals surface area contributed by atoms with Gasteiger partial charge >= 0.3 is 0 Å². The summed E-state index contributed by atoms with van der Waals surface area (Å²) < 4.78 is 4.35. The second kappa shape index (κ2) is 8.48. The van der Waals surface area contributed by atoms with E-state index >= 15 is 0 Å². The van der Waals surface area contributed by atoms with Gasteiger partial charge in [0.1, 0.15) is 11.6 Å². The van der Waals surface area contributed by atoms with Crippen LogP contribution >= 0.6 is 0 Å². The zero-order valence-electron chi connectivity index (χ0n) is 21.2. The number of imidazole rings is 2. The van der Waals surface area contributed by atoms with Gasteiger partial charge in [0.15, 0.2) is 5.82 Å². The lowest BCUT2D eigenvalue weighted by molar-refractivity contribution is 0.881. The van der Waals surface area contributed by atoms with E-state index in [-0.39, 0.29) is 0 Å². The van der Waals surface area contributed by atoms with Crippen LogP contribution in [-0.2, 0) is 7.05 Å². The second-order valence-electron chi connectivity index (χ2n) is 9.43. The molecule has 0 amide bonds. The van der Waals surface area contributed by atoms with Gasteiger partial charge in [-0.1, -0.05) is 48.5 Å². The fraction of sp³-hybridized carbons (Fsp3) is 0.100. The standard InChI is InChI=1S/C30H24N8/c1-18-25(16-14-22(20-9-5-4-6-10-20)28(18)29-33-35-36-34-29)38-19(2)31-24-15-13-21(17-27(24)38)30-32-23-11-7-8-12-26(23)37(30)3/h4-17H,1-3H3,(H,33,34,35,36). The number of rotatable bonds is 4. The minimum Gasteiger partial charge on any atom is -0.327 e. The Morgan fingerprint density at radius 3 is 2.32 bits per heavy atom. The van der Waals surface area contributed by atoms with E-state index in [1.165, 1.54) is 0 Å². The van der Waals surface area contributed by atoms with Gasteiger partial charge in [0.25, 0.3) is 0 Å². The number of aromatic nitrogens is 8. The first-order valence-corrected chi connectivity index (χ1v) is 12.4. The molecule has 0 aliphatic heterocycles. The molecule has 38 heavy (non-hydrogen) atoms. The third-order valence-electron chi connectivity index (χ3n) is 7.21. The number of tetrazole rings is 1. The molecule has 4 aromatic carbocycles. The van der Waals surface area contributed by atoms with Crippen molar-refractivity contribution in [3.05, 3.63) is 96.3 Å². The minimum atomic E-state index is 0.630. The fourth-order valence-corrected chi connectivity index (χ4v) is 5.41. The number of fused-ring (bicyclic) bond motifs is 2. The van der Waals surface area contributed by atoms with Crippen molar-refractivity contribution in [1.82, 2.24) is 39.7 Å². The van der Waals surface area contributed by atoms with Crippen LogP contribution < -0.4 is 0 Å². The van der Waals surface area contributed by atoms with Gasteiger partial charge in [-0.05, 0) is 77.4 Å². The van der Waals surface area contributed by atoms with E-state index in [0.29, 0.717) is 5.82 Å². The van der Waals surface area contributed by atoms with E-state index in [4.69, 9.17) is 9.97 Å². The maximum Gasteiger partial charge on any atom is 0.180 e. The number of aryl methyl sites for hydroxylation is 2. The SMILES string of the molecule is Cc1c(-n2c(C)nc3ccc(-c4nc5ccccc5n4C)cc32)ccc(-c2ccccc2)c1-c1nnn[nH]1. The molecule has 0 bridgehead atoms. The van der Waals surface area contributed by atoms with Crippen LogP contribution in [0.15, 0.2) is 84.9 Å². The van der Waals surface area contributed by atoms with E-state index in [1.807, 2.05) is 43.3 Å². The van der Waals surface area contributed by atoms with Crippen molar-refractivity contribution >= 4 is 22.1 Å². The average Bonchev–Trinajstić information content (AvgIpc) is 3.67. The Balaban J connectivity index is 1.46. The Hall–Kier alpha value is -5.11. The molecule has 0 aliphatic carbocycles. The van der Waals surface area contributed by atoms with Crippen LogP contribution in [0.5, 0.6) is 0 Å². The second-order valence-corrected chi connectivity index (χ2v) is 9.43. The van der Waals surface area contributed by atoms with Crippen LogP contribution in [0.4, 0.5) is 0 Å². The molecule has 184 valence electrons. The Bertz CT molecular complexity index is 1950. The summed E-state index contributed by atoms with van der Waals surface area (Å²) in [5, 5.41) is 15.0. The van der Waals surface area contributed by atoms with Crippen LogP contribution in [0.2, 0.25) is 0 Å². The smallest absolute Gasteiger partial charge is 0.180 e. The van der Waals surface area contributed by atoms with Crippen LogP contribution in [0, 0.1) is 13.8 Å². The highest BCUT2D eigenvalue weighted by Gasteiger charge is 2.20. The molecule has 7 rings (SSSR count). The number of H-pyrrole nitrogens is 1. The topological polar surface area (TPSA) is 90.1 Å². The Labute approximate surface area is 218 Å². The summed E-state index contributed by atoms with van der Waals surface area (Å²) >= 11 is 0. The summed E-state index contributed by atoms with van der Waals surface area (Å²) in [7, 11) is 2.06. The first-order valence-electron chi connectivity index (χ1n) is 12.4. The van der Waals surface area contributed by atoms with E-state index in [2.05, 4.69) is 92.3 Å². The summed E-state index contributed by atoms with van der Waals surface area (Å²) in [5.74, 6) is 2.45. The molecule has 8 heteroatoms. The predicted molar refractivity (Wildman–Crippen MR) is 149 cm³/mol. The number of para-hydroxylation sites is 2. The van der Waals surface area contributed by atoms with Gasteiger partial charge in [-0.25, -0.2) is 15.1 Å². The van der Waals surface area contributed by atoms with E-state index in [0.717, 1.165) is 67.2 Å². The van der Waals surface area contributed by atoms with Gasteiger partial charge in [0.05, 0.1) is 27.8 Å². The summed E-state index contributed by atoms with van der Waals surface area (Å²) in [4.78, 5) is 9.81. The van der Waals surface area contributed by atoms with Crippen LogP contribution in [0.25, 0.3) is 61.7 Å². The molecule has 0 unspecified atom stereocenters. The van der Waals surface area contributed by atoms with Crippen LogP contribution in [-0.4, -0.2) is 39.7 Å².